The highest BCUT2D eigenvalue weighted by Crippen LogP contribution is 2.31. The van der Waals surface area contributed by atoms with Gasteiger partial charge in [-0.1, -0.05) is 5.16 Å². The van der Waals surface area contributed by atoms with Crippen molar-refractivity contribution < 1.29 is 49.4 Å². The standard InChI is InChI=1S/C19H35N5O8.C2H4O2/c1-19(27)7-29-18(13(26)16(19)23-2)32-15-11(22)5-10(21)14(12(15)25)31-17-9(20)4-3-8(30-17)6-24-28;1-2(3)4/h3,6,9-18,23,25-28H,4-5,7,20-22H2,1-2H3;1H3,(H,3,4)/b24-6-;/t9-,10+,11-,12+,13-,14-,15+,16-,17-,18-,19+;/m1./s1. The van der Waals surface area contributed by atoms with Crippen LogP contribution in [0.5, 0.6) is 0 Å². The fraction of sp³-hybridized carbons (Fsp3) is 0.810. The van der Waals surface area contributed by atoms with Crippen LogP contribution in [0.25, 0.3) is 0 Å². The molecule has 15 nitrogen and oxygen atoms in total. The molecule has 36 heavy (non-hydrogen) atoms. The fourth-order valence-corrected chi connectivity index (χ4v) is 4.42. The molecule has 1 saturated carbocycles. The number of nitrogens with two attached hydrogens (primary N) is 3. The number of aliphatic carboxylic acids is 1. The molecule has 1 aliphatic carbocycles. The molecule has 0 unspecified atom stereocenters. The Labute approximate surface area is 208 Å². The molecule has 0 spiro atoms. The van der Waals surface area contributed by atoms with E-state index in [9.17, 15) is 15.3 Å². The van der Waals surface area contributed by atoms with Crippen molar-refractivity contribution in [3.8, 4) is 0 Å². The summed E-state index contributed by atoms with van der Waals surface area (Å²) in [5.74, 6) is -0.563. The Kier molecular flexibility index (Phi) is 11.0. The molecule has 3 aliphatic rings. The van der Waals surface area contributed by atoms with E-state index in [1.807, 2.05) is 0 Å². The SMILES string of the molecule is CC(=O)O.CN[C@@H]1[C@@H](O)[C@@H](O[C@@H]2[C@@H](O)[C@H](O[C@H]3OC(/C=N\O)=CC[C@H]3N)[C@@H](N)C[C@H]2N)OC[C@]1(C)O. The smallest absolute Gasteiger partial charge is 0.300 e. The Morgan fingerprint density at radius 2 is 1.72 bits per heavy atom. The Hall–Kier alpha value is -1.92. The number of hydrogen-bond acceptors (Lipinski definition) is 14. The lowest BCUT2D eigenvalue weighted by molar-refractivity contribution is -0.302. The summed E-state index contributed by atoms with van der Waals surface area (Å²) in [4.78, 5) is 9.00. The third-order valence-electron chi connectivity index (χ3n) is 6.16. The molecule has 12 N–H and O–H groups in total. The van der Waals surface area contributed by atoms with Crippen LogP contribution >= 0.6 is 0 Å². The zero-order valence-electron chi connectivity index (χ0n) is 20.5. The lowest BCUT2D eigenvalue weighted by Gasteiger charge is -2.48. The number of allylic oxidation sites excluding steroid dienone is 1. The van der Waals surface area contributed by atoms with Gasteiger partial charge in [0, 0.05) is 19.0 Å². The van der Waals surface area contributed by atoms with Gasteiger partial charge < -0.3 is 67.1 Å². The number of carbonyl (C=O) groups is 1. The van der Waals surface area contributed by atoms with Gasteiger partial charge in [-0.3, -0.25) is 4.79 Å². The van der Waals surface area contributed by atoms with Crippen molar-refractivity contribution in [2.24, 2.45) is 22.4 Å². The lowest BCUT2D eigenvalue weighted by atomic mass is 9.84. The van der Waals surface area contributed by atoms with Crippen LogP contribution in [0.1, 0.15) is 26.7 Å². The number of oxime groups is 1. The normalized spacial score (nSPS) is 43.2. The molecule has 15 heteroatoms. The summed E-state index contributed by atoms with van der Waals surface area (Å²) in [5, 5.41) is 54.0. The van der Waals surface area contributed by atoms with Crippen LogP contribution in [-0.2, 0) is 23.7 Å². The first kappa shape index (κ1) is 30.3. The van der Waals surface area contributed by atoms with Gasteiger partial charge in [0.15, 0.2) is 6.29 Å². The first-order valence-corrected chi connectivity index (χ1v) is 11.5. The predicted octanol–water partition coefficient (Wildman–Crippen LogP) is -3.26. The Morgan fingerprint density at radius 1 is 1.17 bits per heavy atom. The van der Waals surface area contributed by atoms with Crippen LogP contribution in [0.4, 0.5) is 0 Å². The van der Waals surface area contributed by atoms with Crippen LogP contribution in [0.2, 0.25) is 0 Å². The zero-order chi connectivity index (χ0) is 27.2. The average Bonchev–Trinajstić information content (AvgIpc) is 2.77. The summed E-state index contributed by atoms with van der Waals surface area (Å²) < 4.78 is 22.9. The van der Waals surface area contributed by atoms with E-state index in [2.05, 4.69) is 10.5 Å². The van der Waals surface area contributed by atoms with Gasteiger partial charge in [0.1, 0.15) is 42.0 Å². The van der Waals surface area contributed by atoms with E-state index in [0.717, 1.165) is 13.1 Å². The number of nitrogens with zero attached hydrogens (tertiary/aromatic N) is 1. The van der Waals surface area contributed by atoms with Crippen LogP contribution in [0.3, 0.4) is 0 Å². The van der Waals surface area contributed by atoms with E-state index in [-0.39, 0.29) is 18.8 Å². The Balaban J connectivity index is 0.00000106. The predicted molar refractivity (Wildman–Crippen MR) is 125 cm³/mol. The molecule has 208 valence electrons. The number of rotatable bonds is 6. The van der Waals surface area contributed by atoms with Crippen molar-refractivity contribution in [3.63, 3.8) is 0 Å². The van der Waals surface area contributed by atoms with Crippen molar-refractivity contribution in [1.29, 1.82) is 0 Å². The highest BCUT2D eigenvalue weighted by molar-refractivity contribution is 5.75. The third-order valence-corrected chi connectivity index (χ3v) is 6.16. The molecule has 0 aromatic rings. The number of aliphatic hydroxyl groups excluding tert-OH is 2. The molecule has 0 bridgehead atoms. The van der Waals surface area contributed by atoms with Crippen molar-refractivity contribution in [2.45, 2.75) is 93.5 Å². The number of aliphatic hydroxyl groups is 3. The van der Waals surface area contributed by atoms with Crippen molar-refractivity contribution in [1.82, 2.24) is 5.32 Å². The Morgan fingerprint density at radius 3 is 2.25 bits per heavy atom. The summed E-state index contributed by atoms with van der Waals surface area (Å²) in [5.41, 5.74) is 17.1. The minimum atomic E-state index is -1.31. The molecule has 0 amide bonds. The third kappa shape index (κ3) is 7.55. The van der Waals surface area contributed by atoms with E-state index in [1.165, 1.54) is 6.92 Å². The topological polar surface area (TPSA) is 258 Å². The zero-order valence-corrected chi connectivity index (χ0v) is 20.5. The monoisotopic (exact) mass is 521 g/mol. The number of carboxylic acid groups (broad SMARTS) is 1. The highest BCUT2D eigenvalue weighted by atomic mass is 16.7. The summed E-state index contributed by atoms with van der Waals surface area (Å²) in [6, 6.07) is -2.56. The van der Waals surface area contributed by atoms with Gasteiger partial charge in [-0.05, 0) is 32.9 Å². The lowest BCUT2D eigenvalue weighted by Crippen LogP contribution is -2.68. The van der Waals surface area contributed by atoms with Crippen molar-refractivity contribution in [3.05, 3.63) is 11.8 Å². The van der Waals surface area contributed by atoms with E-state index in [4.69, 9.17) is 51.3 Å². The molecule has 0 aromatic heterocycles. The molecule has 2 heterocycles. The Bertz CT molecular complexity index is 780. The van der Waals surface area contributed by atoms with Crippen LogP contribution in [-0.4, -0.2) is 118 Å². The minimum absolute atomic E-state index is 0.0932. The average molecular weight is 522 g/mol. The van der Waals surface area contributed by atoms with Gasteiger partial charge >= 0.3 is 0 Å². The van der Waals surface area contributed by atoms with E-state index < -0.39 is 72.7 Å². The summed E-state index contributed by atoms with van der Waals surface area (Å²) >= 11 is 0. The molecule has 3 rings (SSSR count). The van der Waals surface area contributed by atoms with Gasteiger partial charge in [-0.2, -0.15) is 0 Å². The van der Waals surface area contributed by atoms with E-state index in [0.29, 0.717) is 6.42 Å². The second kappa shape index (κ2) is 13.0. The molecular formula is C21H39N5O10. The maximum Gasteiger partial charge on any atom is 0.300 e. The van der Waals surface area contributed by atoms with Gasteiger partial charge in [-0.25, -0.2) is 0 Å². The number of hydrogen-bond donors (Lipinski definition) is 9. The van der Waals surface area contributed by atoms with E-state index in [1.54, 1.807) is 13.1 Å². The molecule has 2 fully saturated rings. The van der Waals surface area contributed by atoms with Crippen LogP contribution in [0.15, 0.2) is 17.0 Å². The maximum absolute atomic E-state index is 11.0. The van der Waals surface area contributed by atoms with Crippen LogP contribution in [0, 0.1) is 0 Å². The fourth-order valence-electron chi connectivity index (χ4n) is 4.42. The number of nitrogens with one attached hydrogen (secondary N) is 1. The molecular weight excluding hydrogens is 482 g/mol. The van der Waals surface area contributed by atoms with Crippen molar-refractivity contribution >= 4 is 12.2 Å². The number of likely N-dealkylation sites (N-methyl/N-ethyl adjacent to an activating group) is 1. The highest BCUT2D eigenvalue weighted by Gasteiger charge is 2.50. The van der Waals surface area contributed by atoms with E-state index >= 15 is 0 Å². The summed E-state index contributed by atoms with van der Waals surface area (Å²) in [7, 11) is 1.60. The second-order valence-corrected chi connectivity index (χ2v) is 9.30. The van der Waals surface area contributed by atoms with Crippen LogP contribution < -0.4 is 22.5 Å². The molecule has 0 radical (unpaired) electrons. The van der Waals surface area contributed by atoms with Gasteiger partial charge in [0.2, 0.25) is 6.29 Å². The molecule has 1 saturated heterocycles. The quantitative estimate of drug-likeness (QED) is 0.0944. The number of carboxylic acids is 1. The first-order valence-electron chi connectivity index (χ1n) is 11.5. The first-order chi connectivity index (χ1) is 16.8. The van der Waals surface area contributed by atoms with Gasteiger partial charge in [0.25, 0.3) is 5.97 Å². The minimum Gasteiger partial charge on any atom is -0.481 e. The van der Waals surface area contributed by atoms with Gasteiger partial charge in [0.05, 0.1) is 18.7 Å². The summed E-state index contributed by atoms with van der Waals surface area (Å²) in [6.45, 7) is 2.53. The molecule has 2 aliphatic heterocycles. The van der Waals surface area contributed by atoms with Crippen molar-refractivity contribution in [2.75, 3.05) is 13.7 Å². The summed E-state index contributed by atoms with van der Waals surface area (Å²) in [6.07, 6.45) is -3.10. The van der Waals surface area contributed by atoms with Gasteiger partial charge in [-0.15, -0.1) is 0 Å². The molecule has 0 aromatic carbocycles. The number of ether oxygens (including phenoxy) is 4. The molecule has 11 atom stereocenters. The largest absolute Gasteiger partial charge is 0.481 e. The second-order valence-electron chi connectivity index (χ2n) is 9.30. The maximum atomic E-state index is 11.0.